The summed E-state index contributed by atoms with van der Waals surface area (Å²) in [5, 5.41) is 7.96. The van der Waals surface area contributed by atoms with Crippen LogP contribution in [-0.2, 0) is 9.59 Å². The Morgan fingerprint density at radius 3 is 2.11 bits per heavy atom. The number of anilines is 3. The molecule has 0 fully saturated rings. The first-order valence-electron chi connectivity index (χ1n) is 12.3. The molecular weight excluding hydrogens is 466 g/mol. The van der Waals surface area contributed by atoms with Crippen molar-refractivity contribution in [1.29, 1.82) is 0 Å². The highest BCUT2D eigenvalue weighted by Gasteiger charge is 2.09. The third-order valence-corrected chi connectivity index (χ3v) is 6.86. The molecule has 2 amide bonds. The van der Waals surface area contributed by atoms with Crippen LogP contribution in [0.4, 0.5) is 17.1 Å². The molecule has 4 rings (SSSR count). The van der Waals surface area contributed by atoms with Gasteiger partial charge in [-0.15, -0.1) is 11.3 Å². The quantitative estimate of drug-likeness (QED) is 0.147. The molecule has 0 radical (unpaired) electrons. The van der Waals surface area contributed by atoms with Gasteiger partial charge in [-0.1, -0.05) is 67.4 Å². The minimum atomic E-state index is -0.0407. The molecule has 1 heterocycles. The number of amides is 2. The first-order chi connectivity index (χ1) is 17.6. The maximum Gasteiger partial charge on any atom is 0.224 e. The Labute approximate surface area is 216 Å². The molecule has 0 aliphatic carbocycles. The van der Waals surface area contributed by atoms with E-state index < -0.39 is 0 Å². The Morgan fingerprint density at radius 2 is 1.39 bits per heavy atom. The summed E-state index contributed by atoms with van der Waals surface area (Å²) < 4.78 is 0. The molecule has 36 heavy (non-hydrogen) atoms. The van der Waals surface area contributed by atoms with Crippen molar-refractivity contribution in [2.24, 2.45) is 0 Å². The van der Waals surface area contributed by atoms with Crippen molar-refractivity contribution in [1.82, 2.24) is 0 Å². The van der Waals surface area contributed by atoms with E-state index in [1.165, 1.54) is 0 Å². The van der Waals surface area contributed by atoms with E-state index in [-0.39, 0.29) is 11.8 Å². The van der Waals surface area contributed by atoms with Crippen molar-refractivity contribution in [2.75, 3.05) is 16.4 Å². The lowest BCUT2D eigenvalue weighted by molar-refractivity contribution is -0.117. The number of benzene rings is 3. The van der Waals surface area contributed by atoms with Crippen LogP contribution in [0.1, 0.15) is 38.5 Å². The minimum Gasteiger partial charge on any atom is -0.397 e. The van der Waals surface area contributed by atoms with Gasteiger partial charge in [0.05, 0.1) is 11.4 Å². The van der Waals surface area contributed by atoms with Gasteiger partial charge in [0.2, 0.25) is 11.8 Å². The molecule has 0 saturated heterocycles. The summed E-state index contributed by atoms with van der Waals surface area (Å²) in [7, 11) is 0. The first kappa shape index (κ1) is 25.2. The van der Waals surface area contributed by atoms with E-state index in [0.29, 0.717) is 24.2 Å². The molecule has 0 aliphatic heterocycles. The monoisotopic (exact) mass is 497 g/mol. The minimum absolute atomic E-state index is 0.0130. The van der Waals surface area contributed by atoms with Gasteiger partial charge < -0.3 is 16.4 Å². The molecule has 0 atom stereocenters. The van der Waals surface area contributed by atoms with Gasteiger partial charge >= 0.3 is 0 Å². The molecule has 0 aliphatic rings. The predicted octanol–water partition coefficient (Wildman–Crippen LogP) is 7.58. The molecule has 184 valence electrons. The number of nitrogens with two attached hydrogens (primary N) is 1. The van der Waals surface area contributed by atoms with E-state index in [4.69, 9.17) is 5.73 Å². The molecule has 1 aromatic heterocycles. The van der Waals surface area contributed by atoms with E-state index in [2.05, 4.69) is 22.8 Å². The molecule has 0 saturated carbocycles. The van der Waals surface area contributed by atoms with Crippen LogP contribution in [0, 0.1) is 0 Å². The van der Waals surface area contributed by atoms with Crippen molar-refractivity contribution < 1.29 is 9.59 Å². The van der Waals surface area contributed by atoms with Crippen molar-refractivity contribution in [3.05, 3.63) is 90.3 Å². The number of hydrogen-bond donors (Lipinski definition) is 3. The lowest BCUT2D eigenvalue weighted by Crippen LogP contribution is -2.13. The molecule has 4 aromatic rings. The second kappa shape index (κ2) is 12.7. The molecule has 3 aromatic carbocycles. The van der Waals surface area contributed by atoms with E-state index in [1.807, 2.05) is 78.2 Å². The fourth-order valence-electron chi connectivity index (χ4n) is 4.03. The number of nitrogens with one attached hydrogen (secondary N) is 2. The van der Waals surface area contributed by atoms with Crippen LogP contribution < -0.4 is 16.4 Å². The summed E-state index contributed by atoms with van der Waals surface area (Å²) in [6, 6.07) is 27.8. The summed E-state index contributed by atoms with van der Waals surface area (Å²) in [6.45, 7) is 0. The maximum absolute atomic E-state index is 12.4. The molecule has 0 unspecified atom stereocenters. The lowest BCUT2D eigenvalue weighted by Gasteiger charge is -2.10. The molecule has 5 nitrogen and oxygen atoms in total. The smallest absolute Gasteiger partial charge is 0.224 e. The average molecular weight is 498 g/mol. The largest absolute Gasteiger partial charge is 0.397 e. The highest BCUT2D eigenvalue weighted by molar-refractivity contribution is 7.13. The second-order valence-electron chi connectivity index (χ2n) is 8.74. The van der Waals surface area contributed by atoms with E-state index in [9.17, 15) is 9.59 Å². The maximum atomic E-state index is 12.4. The summed E-state index contributed by atoms with van der Waals surface area (Å²) in [4.78, 5) is 25.9. The standard InChI is InChI=1S/C30H31N3O2S/c31-26-18-17-24(28-14-9-19-36-28)21-27(26)33-30(35)16-7-2-1-6-15-29(34)32-25-13-8-12-23(20-25)22-10-4-3-5-11-22/h3-5,8-14,17-21H,1-2,6-7,15-16,31H2,(H,32,34)(H,33,35). The molecule has 6 heteroatoms. The number of rotatable bonds is 11. The van der Waals surface area contributed by atoms with Crippen molar-refractivity contribution in [3.8, 4) is 21.6 Å². The molecule has 0 bridgehead atoms. The topological polar surface area (TPSA) is 84.2 Å². The summed E-state index contributed by atoms with van der Waals surface area (Å²) in [5.41, 5.74) is 11.3. The fraction of sp³-hybridized carbons (Fsp3) is 0.200. The highest BCUT2D eigenvalue weighted by atomic mass is 32.1. The number of nitrogen functional groups attached to an aromatic ring is 1. The summed E-state index contributed by atoms with van der Waals surface area (Å²) in [6.07, 6.45) is 4.27. The van der Waals surface area contributed by atoms with Crippen LogP contribution in [0.2, 0.25) is 0 Å². The summed E-state index contributed by atoms with van der Waals surface area (Å²) >= 11 is 1.65. The normalized spacial score (nSPS) is 10.7. The van der Waals surface area contributed by atoms with Gasteiger partial charge in [-0.3, -0.25) is 9.59 Å². The Morgan fingerprint density at radius 1 is 0.667 bits per heavy atom. The fourth-order valence-corrected chi connectivity index (χ4v) is 4.75. The second-order valence-corrected chi connectivity index (χ2v) is 9.68. The van der Waals surface area contributed by atoms with Crippen molar-refractivity contribution >= 4 is 40.2 Å². The van der Waals surface area contributed by atoms with Crippen LogP contribution in [0.25, 0.3) is 21.6 Å². The number of carbonyl (C=O) groups is 2. The number of unbranched alkanes of at least 4 members (excludes halogenated alkanes) is 3. The SMILES string of the molecule is Nc1ccc(-c2cccs2)cc1NC(=O)CCCCCCC(=O)Nc1cccc(-c2ccccc2)c1. The van der Waals surface area contributed by atoms with Crippen LogP contribution in [-0.4, -0.2) is 11.8 Å². The van der Waals surface area contributed by atoms with Gasteiger partial charge in [0.25, 0.3) is 0 Å². The van der Waals surface area contributed by atoms with Crippen molar-refractivity contribution in [2.45, 2.75) is 38.5 Å². The van der Waals surface area contributed by atoms with Gasteiger partial charge in [0, 0.05) is 23.4 Å². The van der Waals surface area contributed by atoms with E-state index in [0.717, 1.165) is 52.9 Å². The van der Waals surface area contributed by atoms with Gasteiger partial charge in [-0.05, 0) is 65.2 Å². The lowest BCUT2D eigenvalue weighted by atomic mass is 10.1. The van der Waals surface area contributed by atoms with Crippen LogP contribution >= 0.6 is 11.3 Å². The zero-order valence-electron chi connectivity index (χ0n) is 20.2. The van der Waals surface area contributed by atoms with E-state index in [1.54, 1.807) is 11.3 Å². The van der Waals surface area contributed by atoms with Gasteiger partial charge in [0.1, 0.15) is 0 Å². The first-order valence-corrected chi connectivity index (χ1v) is 13.1. The molecular formula is C30H31N3O2S. The Kier molecular flexibility index (Phi) is 8.89. The Hall–Kier alpha value is -3.90. The Bertz CT molecular complexity index is 1290. The highest BCUT2D eigenvalue weighted by Crippen LogP contribution is 2.30. The van der Waals surface area contributed by atoms with Gasteiger partial charge in [-0.25, -0.2) is 0 Å². The predicted molar refractivity (Wildman–Crippen MR) is 151 cm³/mol. The Balaban J connectivity index is 1.14. The van der Waals surface area contributed by atoms with Crippen LogP contribution in [0.15, 0.2) is 90.3 Å². The number of thiophene rings is 1. The number of carbonyl (C=O) groups excluding carboxylic acids is 2. The third kappa shape index (κ3) is 7.30. The zero-order chi connectivity index (χ0) is 25.2. The zero-order valence-corrected chi connectivity index (χ0v) is 21.0. The summed E-state index contributed by atoms with van der Waals surface area (Å²) in [5.74, 6) is -0.0277. The third-order valence-electron chi connectivity index (χ3n) is 5.94. The van der Waals surface area contributed by atoms with Crippen LogP contribution in [0.5, 0.6) is 0 Å². The van der Waals surface area contributed by atoms with Gasteiger partial charge in [0.15, 0.2) is 0 Å². The van der Waals surface area contributed by atoms with Crippen LogP contribution in [0.3, 0.4) is 0 Å². The average Bonchev–Trinajstić information content (AvgIpc) is 3.43. The molecule has 4 N–H and O–H groups in total. The number of hydrogen-bond acceptors (Lipinski definition) is 4. The molecule has 0 spiro atoms. The van der Waals surface area contributed by atoms with Crippen molar-refractivity contribution in [3.63, 3.8) is 0 Å². The van der Waals surface area contributed by atoms with Gasteiger partial charge in [-0.2, -0.15) is 0 Å². The van der Waals surface area contributed by atoms with E-state index >= 15 is 0 Å².